The third kappa shape index (κ3) is 5.73. The number of anilines is 1. The molecule has 2 heterocycles. The van der Waals surface area contributed by atoms with Gasteiger partial charge < -0.3 is 5.32 Å². The van der Waals surface area contributed by atoms with E-state index in [0.717, 1.165) is 17.0 Å². The fourth-order valence-electron chi connectivity index (χ4n) is 2.86. The Morgan fingerprint density at radius 2 is 1.87 bits per heavy atom. The molecule has 1 aromatic carbocycles. The fourth-order valence-corrected chi connectivity index (χ4v) is 2.98. The predicted molar refractivity (Wildman–Crippen MR) is 125 cm³/mol. The van der Waals surface area contributed by atoms with Gasteiger partial charge in [0.1, 0.15) is 5.69 Å². The van der Waals surface area contributed by atoms with Crippen LogP contribution in [0.1, 0.15) is 50.8 Å². The van der Waals surface area contributed by atoms with E-state index in [-0.39, 0.29) is 17.4 Å². The van der Waals surface area contributed by atoms with Crippen LogP contribution in [0.5, 0.6) is 0 Å². The summed E-state index contributed by atoms with van der Waals surface area (Å²) >= 11 is 5.96. The lowest BCUT2D eigenvalue weighted by atomic mass is 9.92. The summed E-state index contributed by atoms with van der Waals surface area (Å²) in [6, 6.07) is 11.0. The summed E-state index contributed by atoms with van der Waals surface area (Å²) < 4.78 is 1.58. The SMILES string of the molecule is CC(C)N=C(NC(=O)c1cc(C(C)(C)C)nn1C)Nc1cc(-c2ccc(Cl)cc2)[nH]n1. The van der Waals surface area contributed by atoms with Gasteiger partial charge in [-0.15, -0.1) is 0 Å². The van der Waals surface area contributed by atoms with Gasteiger partial charge in [0.15, 0.2) is 5.82 Å². The van der Waals surface area contributed by atoms with Crippen molar-refractivity contribution < 1.29 is 4.79 Å². The van der Waals surface area contributed by atoms with E-state index in [4.69, 9.17) is 11.6 Å². The Morgan fingerprint density at radius 1 is 1.19 bits per heavy atom. The molecule has 0 aliphatic carbocycles. The highest BCUT2D eigenvalue weighted by atomic mass is 35.5. The topological polar surface area (TPSA) is 100.0 Å². The van der Waals surface area contributed by atoms with Gasteiger partial charge in [-0.1, -0.05) is 44.5 Å². The quantitative estimate of drug-likeness (QED) is 0.413. The van der Waals surface area contributed by atoms with Crippen LogP contribution < -0.4 is 10.6 Å². The molecule has 3 aromatic rings. The maximum Gasteiger partial charge on any atom is 0.276 e. The number of aliphatic imine (C=N–C) groups is 1. The van der Waals surface area contributed by atoms with Crippen LogP contribution in [0, 0.1) is 0 Å². The number of aryl methyl sites for hydroxylation is 1. The number of aromatic amines is 1. The Morgan fingerprint density at radius 3 is 2.45 bits per heavy atom. The molecule has 0 fully saturated rings. The number of halogens is 1. The van der Waals surface area contributed by atoms with Gasteiger partial charge in [-0.05, 0) is 37.6 Å². The van der Waals surface area contributed by atoms with Crippen molar-refractivity contribution in [3.8, 4) is 11.3 Å². The van der Waals surface area contributed by atoms with E-state index in [0.29, 0.717) is 22.5 Å². The fraction of sp³-hybridized carbons (Fsp3) is 0.364. The molecule has 164 valence electrons. The molecule has 0 atom stereocenters. The van der Waals surface area contributed by atoms with Crippen molar-refractivity contribution in [3.05, 3.63) is 52.8 Å². The lowest BCUT2D eigenvalue weighted by Crippen LogP contribution is -2.37. The summed E-state index contributed by atoms with van der Waals surface area (Å²) in [7, 11) is 1.75. The number of benzene rings is 1. The number of H-pyrrole nitrogens is 1. The van der Waals surface area contributed by atoms with Crippen LogP contribution in [0.4, 0.5) is 5.82 Å². The number of nitrogens with zero attached hydrogens (tertiary/aromatic N) is 4. The maximum atomic E-state index is 12.9. The number of guanidine groups is 1. The summed E-state index contributed by atoms with van der Waals surface area (Å²) in [6.45, 7) is 10.0. The first kappa shape index (κ1) is 22.6. The molecule has 0 saturated carbocycles. The maximum absolute atomic E-state index is 12.9. The first-order chi connectivity index (χ1) is 14.5. The third-order valence-electron chi connectivity index (χ3n) is 4.48. The molecule has 9 heteroatoms. The smallest absolute Gasteiger partial charge is 0.276 e. The predicted octanol–water partition coefficient (Wildman–Crippen LogP) is 4.37. The number of amides is 1. The second kappa shape index (κ2) is 8.93. The van der Waals surface area contributed by atoms with Gasteiger partial charge in [-0.2, -0.15) is 10.2 Å². The van der Waals surface area contributed by atoms with E-state index >= 15 is 0 Å². The Balaban J connectivity index is 1.78. The van der Waals surface area contributed by atoms with Crippen LogP contribution in [0.15, 0.2) is 41.4 Å². The zero-order valence-corrected chi connectivity index (χ0v) is 19.4. The minimum absolute atomic E-state index is 0.0332. The minimum atomic E-state index is -0.300. The number of rotatable bonds is 4. The Bertz CT molecular complexity index is 1090. The molecule has 3 rings (SSSR count). The van der Waals surface area contributed by atoms with Gasteiger partial charge in [0.25, 0.3) is 5.91 Å². The number of hydrogen-bond donors (Lipinski definition) is 3. The zero-order valence-electron chi connectivity index (χ0n) is 18.6. The number of aromatic nitrogens is 4. The van der Waals surface area contributed by atoms with Gasteiger partial charge in [0.05, 0.1) is 11.4 Å². The second-order valence-corrected chi connectivity index (χ2v) is 9.05. The van der Waals surface area contributed by atoms with Crippen molar-refractivity contribution in [2.45, 2.75) is 46.1 Å². The lowest BCUT2D eigenvalue weighted by molar-refractivity contribution is 0.0967. The van der Waals surface area contributed by atoms with Crippen LogP contribution in [0.3, 0.4) is 0 Å². The van der Waals surface area contributed by atoms with Crippen molar-refractivity contribution >= 4 is 29.3 Å². The van der Waals surface area contributed by atoms with Crippen LogP contribution in [-0.2, 0) is 12.5 Å². The number of carbonyl (C=O) groups excluding carboxylic acids is 1. The normalized spacial score (nSPS) is 12.3. The summed E-state index contributed by atoms with van der Waals surface area (Å²) in [6.07, 6.45) is 0. The van der Waals surface area contributed by atoms with E-state index in [2.05, 4.69) is 51.7 Å². The van der Waals surface area contributed by atoms with Crippen LogP contribution in [0.2, 0.25) is 5.02 Å². The molecule has 0 radical (unpaired) electrons. The first-order valence-corrected chi connectivity index (χ1v) is 10.4. The highest BCUT2D eigenvalue weighted by molar-refractivity contribution is 6.30. The Hall–Kier alpha value is -3.13. The molecular formula is C22H28ClN7O. The van der Waals surface area contributed by atoms with Crippen LogP contribution in [0.25, 0.3) is 11.3 Å². The zero-order chi connectivity index (χ0) is 22.8. The van der Waals surface area contributed by atoms with Crippen molar-refractivity contribution in [1.82, 2.24) is 25.3 Å². The molecule has 3 N–H and O–H groups in total. The third-order valence-corrected chi connectivity index (χ3v) is 4.73. The number of carbonyl (C=O) groups is 1. The average Bonchev–Trinajstić information content (AvgIpc) is 3.28. The highest BCUT2D eigenvalue weighted by Gasteiger charge is 2.22. The molecule has 0 aliphatic rings. The molecule has 8 nitrogen and oxygen atoms in total. The second-order valence-electron chi connectivity index (χ2n) is 8.61. The van der Waals surface area contributed by atoms with E-state index < -0.39 is 0 Å². The van der Waals surface area contributed by atoms with Crippen molar-refractivity contribution in [2.24, 2.45) is 12.0 Å². The summed E-state index contributed by atoms with van der Waals surface area (Å²) in [5, 5.41) is 18.3. The molecule has 2 aromatic heterocycles. The van der Waals surface area contributed by atoms with Gasteiger partial charge in [-0.25, -0.2) is 4.99 Å². The summed E-state index contributed by atoms with van der Waals surface area (Å²) in [5.41, 5.74) is 2.90. The number of hydrogen-bond acceptors (Lipinski definition) is 4. The van der Waals surface area contributed by atoms with Gasteiger partial charge in [0, 0.05) is 29.6 Å². The number of nitrogens with one attached hydrogen (secondary N) is 3. The van der Waals surface area contributed by atoms with E-state index in [1.807, 2.05) is 44.2 Å². The highest BCUT2D eigenvalue weighted by Crippen LogP contribution is 2.22. The van der Waals surface area contributed by atoms with E-state index in [9.17, 15) is 4.79 Å². The van der Waals surface area contributed by atoms with E-state index in [1.165, 1.54) is 0 Å². The first-order valence-electron chi connectivity index (χ1n) is 10.0. The minimum Gasteiger partial charge on any atom is -0.309 e. The molecule has 31 heavy (non-hydrogen) atoms. The average molecular weight is 442 g/mol. The molecule has 0 spiro atoms. The van der Waals surface area contributed by atoms with Crippen LogP contribution in [-0.4, -0.2) is 37.9 Å². The molecule has 1 amide bonds. The molecule has 0 bridgehead atoms. The van der Waals surface area contributed by atoms with Crippen LogP contribution >= 0.6 is 11.6 Å². The monoisotopic (exact) mass is 441 g/mol. The van der Waals surface area contributed by atoms with Crippen molar-refractivity contribution in [1.29, 1.82) is 0 Å². The largest absolute Gasteiger partial charge is 0.309 e. The Labute approximate surface area is 187 Å². The lowest BCUT2D eigenvalue weighted by Gasteiger charge is -2.13. The summed E-state index contributed by atoms with van der Waals surface area (Å²) in [5.74, 6) is 0.545. The molecule has 0 aliphatic heterocycles. The van der Waals surface area contributed by atoms with E-state index in [1.54, 1.807) is 17.8 Å². The molecular weight excluding hydrogens is 414 g/mol. The van der Waals surface area contributed by atoms with Crippen molar-refractivity contribution in [2.75, 3.05) is 5.32 Å². The van der Waals surface area contributed by atoms with Gasteiger partial charge in [0.2, 0.25) is 5.96 Å². The standard InChI is InChI=1S/C22H28ClN7O/c1-13(2)24-21(26-20(31)17-12-18(22(3,4)5)29-30(17)6)25-19-11-16(27-28-19)14-7-9-15(23)10-8-14/h7-13H,1-6H3,(H3,24,25,26,27,28,31). The molecule has 0 saturated heterocycles. The van der Waals surface area contributed by atoms with Gasteiger partial charge in [-0.3, -0.25) is 19.9 Å². The Kier molecular flexibility index (Phi) is 6.50. The summed E-state index contributed by atoms with van der Waals surface area (Å²) in [4.78, 5) is 17.4. The van der Waals surface area contributed by atoms with Gasteiger partial charge >= 0.3 is 0 Å². The molecule has 0 unspecified atom stereocenters. The van der Waals surface area contributed by atoms with Crippen molar-refractivity contribution in [3.63, 3.8) is 0 Å².